The number of hydrogen-bond donors (Lipinski definition) is 1. The summed E-state index contributed by atoms with van der Waals surface area (Å²) in [5.74, 6) is 0.705. The molecule has 1 aliphatic heterocycles. The number of aliphatic imine (C=N–C) groups is 1. The first-order valence-electron chi connectivity index (χ1n) is 5.29. The summed E-state index contributed by atoms with van der Waals surface area (Å²) in [7, 11) is 0. The van der Waals surface area contributed by atoms with Gasteiger partial charge in [-0.05, 0) is 5.56 Å². The van der Waals surface area contributed by atoms with Gasteiger partial charge in [0.05, 0.1) is 13.2 Å². The Bertz CT molecular complexity index is 387. The molecule has 1 N–H and O–H groups in total. The molecule has 84 valence electrons. The Morgan fingerprint density at radius 1 is 1.31 bits per heavy atom. The summed E-state index contributed by atoms with van der Waals surface area (Å²) in [5, 5.41) is 2.68. The van der Waals surface area contributed by atoms with Crippen LogP contribution in [0.3, 0.4) is 0 Å². The van der Waals surface area contributed by atoms with E-state index >= 15 is 0 Å². The van der Waals surface area contributed by atoms with E-state index in [-0.39, 0.29) is 12.5 Å². The molecule has 0 bridgehead atoms. The number of amidine groups is 1. The van der Waals surface area contributed by atoms with Crippen LogP contribution in [0.15, 0.2) is 35.3 Å². The molecule has 4 nitrogen and oxygen atoms in total. The Hall–Kier alpha value is -1.68. The third-order valence-electron chi connectivity index (χ3n) is 2.29. The molecule has 1 amide bonds. The Kier molecular flexibility index (Phi) is 3.66. The van der Waals surface area contributed by atoms with E-state index in [2.05, 4.69) is 10.3 Å². The fraction of sp³-hybridized carbons (Fsp3) is 0.333. The Morgan fingerprint density at radius 2 is 2.12 bits per heavy atom. The molecule has 4 heteroatoms. The number of carbonyl (C=O) groups excluding carboxylic acids is 1. The van der Waals surface area contributed by atoms with Gasteiger partial charge in [-0.15, -0.1) is 0 Å². The Morgan fingerprint density at radius 3 is 2.81 bits per heavy atom. The number of ether oxygens (including phenoxy) is 1. The smallest absolute Gasteiger partial charge is 0.246 e. The molecule has 0 spiro atoms. The summed E-state index contributed by atoms with van der Waals surface area (Å²) in [6, 6.07) is 10.00. The van der Waals surface area contributed by atoms with Crippen LogP contribution >= 0.6 is 0 Å². The average Bonchev–Trinajstić information content (AvgIpc) is 2.72. The Labute approximate surface area is 94.3 Å². The zero-order chi connectivity index (χ0) is 11.2. The highest BCUT2D eigenvalue weighted by Crippen LogP contribution is 2.01. The van der Waals surface area contributed by atoms with Crippen LogP contribution in [-0.2, 0) is 16.1 Å². The van der Waals surface area contributed by atoms with Gasteiger partial charge in [0, 0.05) is 6.42 Å². The second-order valence-corrected chi connectivity index (χ2v) is 3.60. The van der Waals surface area contributed by atoms with Gasteiger partial charge in [0.15, 0.2) is 0 Å². The predicted octanol–water partition coefficient (Wildman–Crippen LogP) is 1.12. The molecule has 2 rings (SSSR count). The van der Waals surface area contributed by atoms with Crippen molar-refractivity contribution in [2.45, 2.75) is 13.0 Å². The van der Waals surface area contributed by atoms with E-state index in [1.54, 1.807) is 0 Å². The molecule has 0 atom stereocenters. The highest BCUT2D eigenvalue weighted by Gasteiger charge is 2.11. The molecule has 0 saturated heterocycles. The van der Waals surface area contributed by atoms with E-state index in [0.717, 1.165) is 11.4 Å². The first kappa shape index (κ1) is 10.8. The summed E-state index contributed by atoms with van der Waals surface area (Å²) in [6.45, 7) is 1.43. The normalized spacial score (nSPS) is 14.8. The lowest BCUT2D eigenvalue weighted by Gasteiger charge is -2.04. The monoisotopic (exact) mass is 218 g/mol. The van der Waals surface area contributed by atoms with Crippen LogP contribution in [0.25, 0.3) is 0 Å². The zero-order valence-corrected chi connectivity index (χ0v) is 8.98. The second kappa shape index (κ2) is 5.42. The van der Waals surface area contributed by atoms with Crippen LogP contribution in [0.5, 0.6) is 0 Å². The molecular formula is C12H14N2O2. The van der Waals surface area contributed by atoms with E-state index in [1.165, 1.54) is 0 Å². The van der Waals surface area contributed by atoms with Crippen molar-refractivity contribution in [3.8, 4) is 0 Å². The fourth-order valence-electron chi connectivity index (χ4n) is 1.48. The summed E-state index contributed by atoms with van der Waals surface area (Å²) in [5.41, 5.74) is 1.15. The SMILES string of the molecule is O=C1CN=C(CCOCc2ccccc2)N1. The maximum atomic E-state index is 10.8. The molecule has 16 heavy (non-hydrogen) atoms. The van der Waals surface area contributed by atoms with Gasteiger partial charge in [0.1, 0.15) is 12.4 Å². The Balaban J connectivity index is 1.64. The highest BCUT2D eigenvalue weighted by atomic mass is 16.5. The molecule has 1 heterocycles. The van der Waals surface area contributed by atoms with Crippen LogP contribution in [0.2, 0.25) is 0 Å². The van der Waals surface area contributed by atoms with Crippen molar-refractivity contribution in [1.82, 2.24) is 5.32 Å². The number of nitrogens with zero attached hydrogens (tertiary/aromatic N) is 1. The molecule has 0 unspecified atom stereocenters. The van der Waals surface area contributed by atoms with E-state index in [0.29, 0.717) is 19.6 Å². The van der Waals surface area contributed by atoms with Gasteiger partial charge in [-0.2, -0.15) is 0 Å². The number of hydrogen-bond acceptors (Lipinski definition) is 3. The van der Waals surface area contributed by atoms with Crippen LogP contribution < -0.4 is 5.32 Å². The van der Waals surface area contributed by atoms with Gasteiger partial charge in [0.2, 0.25) is 5.91 Å². The third kappa shape index (κ3) is 3.17. The molecule has 0 radical (unpaired) electrons. The van der Waals surface area contributed by atoms with Crippen molar-refractivity contribution in [1.29, 1.82) is 0 Å². The molecule has 1 aromatic carbocycles. The second-order valence-electron chi connectivity index (χ2n) is 3.60. The first-order chi connectivity index (χ1) is 7.84. The van der Waals surface area contributed by atoms with Gasteiger partial charge >= 0.3 is 0 Å². The maximum Gasteiger partial charge on any atom is 0.246 e. The lowest BCUT2D eigenvalue weighted by atomic mass is 10.2. The van der Waals surface area contributed by atoms with Crippen LogP contribution in [0.4, 0.5) is 0 Å². The average molecular weight is 218 g/mol. The van der Waals surface area contributed by atoms with Crippen molar-refractivity contribution in [3.05, 3.63) is 35.9 Å². The van der Waals surface area contributed by atoms with E-state index < -0.39 is 0 Å². The number of carbonyl (C=O) groups is 1. The molecule has 0 saturated carbocycles. The van der Waals surface area contributed by atoms with E-state index in [1.807, 2.05) is 30.3 Å². The standard InChI is InChI=1S/C12H14N2O2/c15-12-8-13-11(14-12)6-7-16-9-10-4-2-1-3-5-10/h1-5H,6-9H2,(H,13,14,15). The minimum absolute atomic E-state index is 0.0296. The minimum Gasteiger partial charge on any atom is -0.376 e. The number of benzene rings is 1. The first-order valence-corrected chi connectivity index (χ1v) is 5.29. The molecule has 0 fully saturated rings. The highest BCUT2D eigenvalue weighted by molar-refractivity contribution is 6.03. The number of rotatable bonds is 5. The lowest BCUT2D eigenvalue weighted by molar-refractivity contribution is -0.117. The number of nitrogens with one attached hydrogen (secondary N) is 1. The zero-order valence-electron chi connectivity index (χ0n) is 8.98. The molecule has 0 aromatic heterocycles. The van der Waals surface area contributed by atoms with Gasteiger partial charge in [-0.25, -0.2) is 0 Å². The fourth-order valence-corrected chi connectivity index (χ4v) is 1.48. The van der Waals surface area contributed by atoms with Gasteiger partial charge in [-0.1, -0.05) is 30.3 Å². The summed E-state index contributed by atoms with van der Waals surface area (Å²) in [4.78, 5) is 14.9. The molecule has 1 aliphatic rings. The van der Waals surface area contributed by atoms with Crippen molar-refractivity contribution in [2.24, 2.45) is 4.99 Å². The van der Waals surface area contributed by atoms with Gasteiger partial charge in [0.25, 0.3) is 0 Å². The predicted molar refractivity (Wildman–Crippen MR) is 61.2 cm³/mol. The quantitative estimate of drug-likeness (QED) is 0.753. The van der Waals surface area contributed by atoms with Gasteiger partial charge < -0.3 is 10.1 Å². The number of amides is 1. The van der Waals surface area contributed by atoms with Crippen molar-refractivity contribution in [2.75, 3.05) is 13.2 Å². The van der Waals surface area contributed by atoms with Crippen molar-refractivity contribution >= 4 is 11.7 Å². The van der Waals surface area contributed by atoms with E-state index in [4.69, 9.17) is 4.74 Å². The lowest BCUT2D eigenvalue weighted by Crippen LogP contribution is -2.25. The minimum atomic E-state index is -0.0296. The van der Waals surface area contributed by atoms with Gasteiger partial charge in [-0.3, -0.25) is 9.79 Å². The summed E-state index contributed by atoms with van der Waals surface area (Å²) >= 11 is 0. The van der Waals surface area contributed by atoms with Crippen LogP contribution in [-0.4, -0.2) is 24.9 Å². The van der Waals surface area contributed by atoms with Crippen LogP contribution in [0, 0.1) is 0 Å². The van der Waals surface area contributed by atoms with Crippen LogP contribution in [0.1, 0.15) is 12.0 Å². The molecule has 1 aromatic rings. The largest absolute Gasteiger partial charge is 0.376 e. The van der Waals surface area contributed by atoms with Crippen molar-refractivity contribution in [3.63, 3.8) is 0 Å². The van der Waals surface area contributed by atoms with Crippen molar-refractivity contribution < 1.29 is 9.53 Å². The third-order valence-corrected chi connectivity index (χ3v) is 2.29. The molecular weight excluding hydrogens is 204 g/mol. The summed E-state index contributed by atoms with van der Waals surface area (Å²) < 4.78 is 5.48. The summed E-state index contributed by atoms with van der Waals surface area (Å²) in [6.07, 6.45) is 0.665. The van der Waals surface area contributed by atoms with E-state index in [9.17, 15) is 4.79 Å². The molecule has 0 aliphatic carbocycles. The topological polar surface area (TPSA) is 50.7 Å². The maximum absolute atomic E-state index is 10.8.